The van der Waals surface area contributed by atoms with Gasteiger partial charge in [0, 0.05) is 25.7 Å². The van der Waals surface area contributed by atoms with Crippen LogP contribution in [0.25, 0.3) is 0 Å². The lowest BCUT2D eigenvalue weighted by Gasteiger charge is -2.39. The number of nitrogens with one attached hydrogen (secondary N) is 2. The Bertz CT molecular complexity index is 967. The second-order valence-electron chi connectivity index (χ2n) is 8.12. The van der Waals surface area contributed by atoms with Gasteiger partial charge in [-0.05, 0) is 56.2 Å². The van der Waals surface area contributed by atoms with Gasteiger partial charge >= 0.3 is 0 Å². The maximum Gasteiger partial charge on any atom is 0.238 e. The number of rotatable bonds is 6. The number of nitrogens with zero attached hydrogens (tertiary/aromatic N) is 2. The molecule has 1 heterocycles. The summed E-state index contributed by atoms with van der Waals surface area (Å²) in [6.07, 6.45) is 0. The van der Waals surface area contributed by atoms with Gasteiger partial charge in [-0.25, -0.2) is 0 Å². The molecule has 0 spiro atoms. The molecule has 1 saturated heterocycles. The van der Waals surface area contributed by atoms with Crippen molar-refractivity contribution in [3.05, 3.63) is 57.6 Å². The topological polar surface area (TPSA) is 64.7 Å². The molecule has 1 unspecified atom stereocenters. The zero-order valence-electron chi connectivity index (χ0n) is 18.0. The average Bonchev–Trinajstić information content (AvgIpc) is 2.68. The van der Waals surface area contributed by atoms with Crippen molar-refractivity contribution in [1.82, 2.24) is 9.80 Å². The number of benzene rings is 2. The van der Waals surface area contributed by atoms with E-state index in [0.29, 0.717) is 41.1 Å². The highest BCUT2D eigenvalue weighted by atomic mass is 35.5. The van der Waals surface area contributed by atoms with Crippen molar-refractivity contribution in [3.63, 3.8) is 0 Å². The number of carbonyl (C=O) groups is 2. The summed E-state index contributed by atoms with van der Waals surface area (Å²) in [4.78, 5) is 29.1. The monoisotopic (exact) mass is 462 g/mol. The molecular weight excluding hydrogens is 435 g/mol. The van der Waals surface area contributed by atoms with E-state index in [-0.39, 0.29) is 30.9 Å². The molecule has 1 fully saturated rings. The zero-order valence-corrected chi connectivity index (χ0v) is 19.6. The Morgan fingerprint density at radius 3 is 1.90 bits per heavy atom. The second-order valence-corrected chi connectivity index (χ2v) is 8.93. The van der Waals surface area contributed by atoms with Gasteiger partial charge in [0.15, 0.2) is 0 Å². The van der Waals surface area contributed by atoms with Crippen molar-refractivity contribution in [1.29, 1.82) is 0 Å². The quantitative estimate of drug-likeness (QED) is 0.675. The molecule has 2 N–H and O–H groups in total. The first-order valence-corrected chi connectivity index (χ1v) is 11.1. The molecule has 0 bridgehead atoms. The van der Waals surface area contributed by atoms with Crippen molar-refractivity contribution in [2.75, 3.05) is 43.4 Å². The van der Waals surface area contributed by atoms with E-state index in [0.717, 1.165) is 11.1 Å². The molecule has 6 nitrogen and oxygen atoms in total. The molecule has 0 aromatic heterocycles. The molecular formula is C23H28Cl2N4O2. The van der Waals surface area contributed by atoms with Crippen LogP contribution in [-0.2, 0) is 9.59 Å². The van der Waals surface area contributed by atoms with Crippen LogP contribution in [0.2, 0.25) is 10.0 Å². The summed E-state index contributed by atoms with van der Waals surface area (Å²) in [5, 5.41) is 6.83. The highest BCUT2D eigenvalue weighted by molar-refractivity contribution is 6.34. The highest BCUT2D eigenvalue weighted by Gasteiger charge is 2.26. The molecule has 1 atom stereocenters. The Balaban J connectivity index is 1.47. The minimum atomic E-state index is -0.0993. The summed E-state index contributed by atoms with van der Waals surface area (Å²) in [5.74, 6) is -0.198. The Labute approximate surface area is 193 Å². The first-order chi connectivity index (χ1) is 14.7. The number of hydrogen-bond acceptors (Lipinski definition) is 4. The summed E-state index contributed by atoms with van der Waals surface area (Å²) in [7, 11) is 0. The van der Waals surface area contributed by atoms with E-state index < -0.39 is 0 Å². The van der Waals surface area contributed by atoms with Crippen molar-refractivity contribution in [3.8, 4) is 0 Å². The molecule has 2 amide bonds. The third-order valence-electron chi connectivity index (χ3n) is 5.36. The predicted octanol–water partition coefficient (Wildman–Crippen LogP) is 4.19. The number of piperazine rings is 1. The molecule has 0 saturated carbocycles. The van der Waals surface area contributed by atoms with Gasteiger partial charge in [-0.1, -0.05) is 35.3 Å². The van der Waals surface area contributed by atoms with E-state index >= 15 is 0 Å². The van der Waals surface area contributed by atoms with Crippen molar-refractivity contribution >= 4 is 46.4 Å². The first kappa shape index (κ1) is 23.5. The normalized spacial score (nSPS) is 17.4. The van der Waals surface area contributed by atoms with Gasteiger partial charge in [-0.15, -0.1) is 0 Å². The van der Waals surface area contributed by atoms with Gasteiger partial charge < -0.3 is 10.6 Å². The standard InChI is InChI=1S/C23H28Cl2N4O2/c1-15-4-6-20(18(24)10-15)26-22(30)13-28-8-9-29(17(3)12-28)14-23(31)27-21-7-5-16(2)11-19(21)25/h4-7,10-11,17H,8-9,12-14H2,1-3H3,(H,26,30)(H,27,31). The molecule has 2 aromatic rings. The summed E-state index contributed by atoms with van der Waals surface area (Å²) in [5.41, 5.74) is 3.33. The molecule has 8 heteroatoms. The molecule has 31 heavy (non-hydrogen) atoms. The number of halogens is 2. The van der Waals surface area contributed by atoms with Crippen LogP contribution in [-0.4, -0.2) is 60.4 Å². The largest absolute Gasteiger partial charge is 0.324 e. The van der Waals surface area contributed by atoms with Gasteiger partial charge in [0.25, 0.3) is 0 Å². The van der Waals surface area contributed by atoms with E-state index in [1.165, 1.54) is 0 Å². The van der Waals surface area contributed by atoms with Crippen LogP contribution in [0.1, 0.15) is 18.1 Å². The zero-order chi connectivity index (χ0) is 22.5. The minimum absolute atomic E-state index is 0.0989. The van der Waals surface area contributed by atoms with Crippen molar-refractivity contribution < 1.29 is 9.59 Å². The fourth-order valence-corrected chi connectivity index (χ4v) is 4.22. The molecule has 3 rings (SSSR count). The molecule has 1 aliphatic rings. The number of anilines is 2. The van der Waals surface area contributed by atoms with Crippen LogP contribution in [0, 0.1) is 13.8 Å². The van der Waals surface area contributed by atoms with E-state index in [1.54, 1.807) is 0 Å². The predicted molar refractivity (Wildman–Crippen MR) is 127 cm³/mol. The Hall–Kier alpha value is -2.12. The number of aryl methyl sites for hydroxylation is 2. The summed E-state index contributed by atoms with van der Waals surface area (Å²) in [6, 6.07) is 11.3. The average molecular weight is 463 g/mol. The fourth-order valence-electron chi connectivity index (χ4n) is 3.66. The van der Waals surface area contributed by atoms with Crippen LogP contribution in [0.4, 0.5) is 11.4 Å². The lowest BCUT2D eigenvalue weighted by atomic mass is 10.2. The molecule has 1 aliphatic heterocycles. The molecule has 2 aromatic carbocycles. The van der Waals surface area contributed by atoms with Crippen LogP contribution in [0.5, 0.6) is 0 Å². The minimum Gasteiger partial charge on any atom is -0.324 e. The second kappa shape index (κ2) is 10.5. The van der Waals surface area contributed by atoms with Crippen molar-refractivity contribution in [2.45, 2.75) is 26.8 Å². The van der Waals surface area contributed by atoms with Gasteiger partial charge in [-0.3, -0.25) is 19.4 Å². The lowest BCUT2D eigenvalue weighted by Crippen LogP contribution is -2.54. The number of amides is 2. The van der Waals surface area contributed by atoms with Crippen LogP contribution in [0.3, 0.4) is 0 Å². The first-order valence-electron chi connectivity index (χ1n) is 10.3. The maximum atomic E-state index is 12.5. The van der Waals surface area contributed by atoms with Crippen molar-refractivity contribution in [2.24, 2.45) is 0 Å². The SMILES string of the molecule is Cc1ccc(NC(=O)CN2CCN(CC(=O)Nc3ccc(C)cc3Cl)C(C)C2)c(Cl)c1. The Morgan fingerprint density at radius 2 is 1.42 bits per heavy atom. The van der Waals surface area contributed by atoms with Gasteiger partial charge in [-0.2, -0.15) is 0 Å². The van der Waals surface area contributed by atoms with E-state index in [2.05, 4.69) is 27.4 Å². The summed E-state index contributed by atoms with van der Waals surface area (Å²) < 4.78 is 0. The van der Waals surface area contributed by atoms with Crippen LogP contribution in [0.15, 0.2) is 36.4 Å². The van der Waals surface area contributed by atoms with E-state index in [4.69, 9.17) is 23.2 Å². The smallest absolute Gasteiger partial charge is 0.238 e. The maximum absolute atomic E-state index is 12.5. The Morgan fingerprint density at radius 1 is 0.903 bits per heavy atom. The molecule has 0 aliphatic carbocycles. The van der Waals surface area contributed by atoms with Gasteiger partial charge in [0.05, 0.1) is 34.5 Å². The van der Waals surface area contributed by atoms with Gasteiger partial charge in [0.2, 0.25) is 11.8 Å². The number of hydrogen-bond donors (Lipinski definition) is 2. The molecule has 0 radical (unpaired) electrons. The lowest BCUT2D eigenvalue weighted by molar-refractivity contribution is -0.120. The van der Waals surface area contributed by atoms with Crippen LogP contribution < -0.4 is 10.6 Å². The van der Waals surface area contributed by atoms with Gasteiger partial charge in [0.1, 0.15) is 0 Å². The number of carbonyl (C=O) groups excluding carboxylic acids is 2. The fraction of sp³-hybridized carbons (Fsp3) is 0.391. The third-order valence-corrected chi connectivity index (χ3v) is 5.99. The highest BCUT2D eigenvalue weighted by Crippen LogP contribution is 2.24. The Kier molecular flexibility index (Phi) is 7.94. The van der Waals surface area contributed by atoms with Crippen LogP contribution >= 0.6 is 23.2 Å². The summed E-state index contributed by atoms with van der Waals surface area (Å²) >= 11 is 12.4. The summed E-state index contributed by atoms with van der Waals surface area (Å²) in [6.45, 7) is 8.65. The van der Waals surface area contributed by atoms with E-state index in [1.807, 2.05) is 50.2 Å². The van der Waals surface area contributed by atoms with E-state index in [9.17, 15) is 9.59 Å². The third kappa shape index (κ3) is 6.68. The molecule has 166 valence electrons.